The molecule has 0 aliphatic heterocycles. The first kappa shape index (κ1) is 14.8. The molecule has 0 radical (unpaired) electrons. The van der Waals surface area contributed by atoms with E-state index < -0.39 is 0 Å². The summed E-state index contributed by atoms with van der Waals surface area (Å²) >= 11 is 0. The maximum atomic E-state index is 2.43. The van der Waals surface area contributed by atoms with Crippen molar-refractivity contribution < 1.29 is 0 Å². The van der Waals surface area contributed by atoms with Crippen LogP contribution in [0.5, 0.6) is 0 Å². The standard InChI is InChI=1S/C20H26/c1-4-11-17(2)20(3,19-14-9-6-10-15-19)16-18-12-7-5-8-13-18/h5-10,12-15,17H,4,11,16H2,1-3H3. The molecule has 0 nitrogen and oxygen atoms in total. The van der Waals surface area contributed by atoms with Crippen molar-refractivity contribution in [2.75, 3.05) is 0 Å². The van der Waals surface area contributed by atoms with Gasteiger partial charge in [0.25, 0.3) is 0 Å². The van der Waals surface area contributed by atoms with Gasteiger partial charge in [-0.15, -0.1) is 0 Å². The minimum absolute atomic E-state index is 0.207. The van der Waals surface area contributed by atoms with Gasteiger partial charge in [-0.3, -0.25) is 0 Å². The summed E-state index contributed by atoms with van der Waals surface area (Å²) in [6.07, 6.45) is 3.63. The molecule has 106 valence electrons. The summed E-state index contributed by atoms with van der Waals surface area (Å²) in [7, 11) is 0. The average molecular weight is 266 g/mol. The Labute approximate surface area is 123 Å². The maximum Gasteiger partial charge on any atom is -0.000935 e. The van der Waals surface area contributed by atoms with E-state index in [0.717, 1.165) is 6.42 Å². The van der Waals surface area contributed by atoms with Gasteiger partial charge in [0, 0.05) is 0 Å². The Morgan fingerprint density at radius 3 is 2.00 bits per heavy atom. The van der Waals surface area contributed by atoms with Crippen molar-refractivity contribution in [1.82, 2.24) is 0 Å². The molecule has 20 heavy (non-hydrogen) atoms. The van der Waals surface area contributed by atoms with Crippen LogP contribution in [0.15, 0.2) is 60.7 Å². The van der Waals surface area contributed by atoms with E-state index in [0.29, 0.717) is 5.92 Å². The zero-order chi connectivity index (χ0) is 14.4. The van der Waals surface area contributed by atoms with Crippen LogP contribution in [0.25, 0.3) is 0 Å². The molecule has 0 heteroatoms. The van der Waals surface area contributed by atoms with Crippen molar-refractivity contribution in [3.63, 3.8) is 0 Å². The van der Waals surface area contributed by atoms with E-state index in [-0.39, 0.29) is 5.41 Å². The molecule has 2 atom stereocenters. The Kier molecular flexibility index (Phi) is 5.00. The van der Waals surface area contributed by atoms with Crippen molar-refractivity contribution >= 4 is 0 Å². The van der Waals surface area contributed by atoms with Crippen LogP contribution in [-0.2, 0) is 11.8 Å². The summed E-state index contributed by atoms with van der Waals surface area (Å²) in [5.41, 5.74) is 3.10. The minimum atomic E-state index is 0.207. The van der Waals surface area contributed by atoms with Gasteiger partial charge in [-0.05, 0) is 28.9 Å². The lowest BCUT2D eigenvalue weighted by molar-refractivity contribution is 0.292. The predicted molar refractivity (Wildman–Crippen MR) is 88.0 cm³/mol. The lowest BCUT2D eigenvalue weighted by Crippen LogP contribution is -2.33. The SMILES string of the molecule is CCCC(C)C(C)(Cc1ccccc1)c1ccccc1. The van der Waals surface area contributed by atoms with Crippen molar-refractivity contribution in [2.45, 2.75) is 45.4 Å². The highest BCUT2D eigenvalue weighted by atomic mass is 14.4. The fourth-order valence-electron chi connectivity index (χ4n) is 3.15. The zero-order valence-corrected chi connectivity index (χ0v) is 13.0. The summed E-state index contributed by atoms with van der Waals surface area (Å²) in [5.74, 6) is 0.676. The van der Waals surface area contributed by atoms with Gasteiger partial charge < -0.3 is 0 Å². The monoisotopic (exact) mass is 266 g/mol. The molecule has 0 saturated carbocycles. The minimum Gasteiger partial charge on any atom is -0.0654 e. The van der Waals surface area contributed by atoms with E-state index >= 15 is 0 Å². The molecule has 2 aromatic rings. The normalized spacial score (nSPS) is 15.6. The van der Waals surface area contributed by atoms with Gasteiger partial charge in [0.15, 0.2) is 0 Å². The number of benzene rings is 2. The lowest BCUT2D eigenvalue weighted by atomic mass is 9.67. The summed E-state index contributed by atoms with van der Waals surface area (Å²) in [6.45, 7) is 7.11. The Morgan fingerprint density at radius 2 is 1.45 bits per heavy atom. The first-order valence-corrected chi connectivity index (χ1v) is 7.76. The van der Waals surface area contributed by atoms with Crippen LogP contribution >= 0.6 is 0 Å². The first-order valence-electron chi connectivity index (χ1n) is 7.76. The van der Waals surface area contributed by atoms with Crippen LogP contribution in [0.4, 0.5) is 0 Å². The second kappa shape index (κ2) is 6.74. The molecule has 2 rings (SSSR count). The molecule has 0 N–H and O–H groups in total. The highest BCUT2D eigenvalue weighted by Crippen LogP contribution is 2.37. The number of rotatable bonds is 6. The van der Waals surface area contributed by atoms with Gasteiger partial charge in [0.2, 0.25) is 0 Å². The molecule has 2 unspecified atom stereocenters. The van der Waals surface area contributed by atoms with Crippen LogP contribution < -0.4 is 0 Å². The summed E-state index contributed by atoms with van der Waals surface area (Å²) in [6, 6.07) is 21.9. The summed E-state index contributed by atoms with van der Waals surface area (Å²) < 4.78 is 0. The van der Waals surface area contributed by atoms with E-state index in [9.17, 15) is 0 Å². The fourth-order valence-corrected chi connectivity index (χ4v) is 3.15. The molecule has 0 aliphatic rings. The Balaban J connectivity index is 2.34. The van der Waals surface area contributed by atoms with E-state index in [2.05, 4.69) is 81.4 Å². The predicted octanol–water partition coefficient (Wildman–Crippen LogP) is 5.62. The van der Waals surface area contributed by atoms with Gasteiger partial charge in [-0.1, -0.05) is 94.3 Å². The van der Waals surface area contributed by atoms with Crippen LogP contribution in [0.1, 0.15) is 44.7 Å². The van der Waals surface area contributed by atoms with Gasteiger partial charge in [-0.25, -0.2) is 0 Å². The first-order chi connectivity index (χ1) is 9.66. The van der Waals surface area contributed by atoms with Gasteiger partial charge in [0.1, 0.15) is 0 Å². The second-order valence-electron chi connectivity index (χ2n) is 6.14. The second-order valence-corrected chi connectivity index (χ2v) is 6.14. The Hall–Kier alpha value is -1.56. The number of hydrogen-bond acceptors (Lipinski definition) is 0. The molecule has 0 spiro atoms. The molecular weight excluding hydrogens is 240 g/mol. The smallest absolute Gasteiger partial charge is 0.000935 e. The topological polar surface area (TPSA) is 0 Å². The molecule has 0 saturated heterocycles. The fraction of sp³-hybridized carbons (Fsp3) is 0.400. The third kappa shape index (κ3) is 3.30. The van der Waals surface area contributed by atoms with Crippen LogP contribution in [0, 0.1) is 5.92 Å². The lowest BCUT2D eigenvalue weighted by Gasteiger charge is -2.37. The molecule has 0 aliphatic carbocycles. The largest absolute Gasteiger partial charge is 0.0654 e. The summed E-state index contributed by atoms with van der Waals surface area (Å²) in [4.78, 5) is 0. The van der Waals surface area contributed by atoms with E-state index in [1.54, 1.807) is 0 Å². The molecule has 0 fully saturated rings. The summed E-state index contributed by atoms with van der Waals surface area (Å²) in [5, 5.41) is 0. The molecule has 0 heterocycles. The maximum absolute atomic E-state index is 2.43. The van der Waals surface area contributed by atoms with E-state index in [1.807, 2.05) is 0 Å². The van der Waals surface area contributed by atoms with Crippen LogP contribution in [0.3, 0.4) is 0 Å². The Bertz CT molecular complexity index is 500. The average Bonchev–Trinajstić information content (AvgIpc) is 2.49. The van der Waals surface area contributed by atoms with E-state index in [4.69, 9.17) is 0 Å². The third-order valence-corrected chi connectivity index (χ3v) is 4.66. The Morgan fingerprint density at radius 1 is 0.900 bits per heavy atom. The van der Waals surface area contributed by atoms with E-state index in [1.165, 1.54) is 24.0 Å². The van der Waals surface area contributed by atoms with Crippen molar-refractivity contribution in [2.24, 2.45) is 5.92 Å². The highest BCUT2D eigenvalue weighted by Gasteiger charge is 2.32. The van der Waals surface area contributed by atoms with Crippen molar-refractivity contribution in [3.05, 3.63) is 71.8 Å². The van der Waals surface area contributed by atoms with Crippen molar-refractivity contribution in [1.29, 1.82) is 0 Å². The number of hydrogen-bond donors (Lipinski definition) is 0. The quantitative estimate of drug-likeness (QED) is 0.636. The molecular formula is C20H26. The van der Waals surface area contributed by atoms with Gasteiger partial charge in [-0.2, -0.15) is 0 Å². The van der Waals surface area contributed by atoms with Crippen molar-refractivity contribution in [3.8, 4) is 0 Å². The van der Waals surface area contributed by atoms with Crippen LogP contribution in [0.2, 0.25) is 0 Å². The van der Waals surface area contributed by atoms with Gasteiger partial charge in [0.05, 0.1) is 0 Å². The zero-order valence-electron chi connectivity index (χ0n) is 13.0. The highest BCUT2D eigenvalue weighted by molar-refractivity contribution is 5.29. The molecule has 0 aromatic heterocycles. The van der Waals surface area contributed by atoms with Gasteiger partial charge >= 0.3 is 0 Å². The molecule has 0 amide bonds. The third-order valence-electron chi connectivity index (χ3n) is 4.66. The molecule has 0 bridgehead atoms. The van der Waals surface area contributed by atoms with Crippen LogP contribution in [-0.4, -0.2) is 0 Å². The molecule has 2 aromatic carbocycles.